The van der Waals surface area contributed by atoms with Crippen LogP contribution in [0.15, 0.2) is 36.4 Å². The second kappa shape index (κ2) is 9.70. The summed E-state index contributed by atoms with van der Waals surface area (Å²) < 4.78 is 30.5. The number of nitrogens with zero attached hydrogens (tertiary/aromatic N) is 1. The normalized spacial score (nSPS) is 14.7. The highest BCUT2D eigenvalue weighted by atomic mass is 35.5. The number of imide groups is 1. The van der Waals surface area contributed by atoms with Gasteiger partial charge in [-0.25, -0.2) is 18.9 Å². The van der Waals surface area contributed by atoms with Crippen molar-refractivity contribution in [1.29, 1.82) is 0 Å². The molecule has 2 aromatic rings. The number of amides is 2. The highest BCUT2D eigenvalue weighted by molar-refractivity contribution is 6.42. The minimum Gasteiger partial charge on any atom is -0.476 e. The number of carbonyl (C=O) groups is 3. The van der Waals surface area contributed by atoms with Crippen LogP contribution in [-0.2, 0) is 19.1 Å². The van der Waals surface area contributed by atoms with Crippen LogP contribution in [0.5, 0.6) is 5.75 Å². The fourth-order valence-corrected chi connectivity index (χ4v) is 3.56. The molecule has 35 heavy (non-hydrogen) atoms. The third-order valence-corrected chi connectivity index (χ3v) is 5.14. The maximum Gasteiger partial charge on any atom is 0.422 e. The number of anilines is 1. The van der Waals surface area contributed by atoms with Crippen molar-refractivity contribution in [1.82, 2.24) is 0 Å². The van der Waals surface area contributed by atoms with Gasteiger partial charge in [0.25, 0.3) is 5.91 Å². The number of benzene rings is 2. The lowest BCUT2D eigenvalue weighted by Crippen LogP contribution is -2.40. The zero-order chi connectivity index (χ0) is 26.1. The summed E-state index contributed by atoms with van der Waals surface area (Å²) in [5.41, 5.74) is -1.28. The molecule has 0 saturated carbocycles. The zero-order valence-corrected chi connectivity index (χ0v) is 21.2. The molecule has 1 aliphatic rings. The number of rotatable bonds is 5. The lowest BCUT2D eigenvalue weighted by atomic mass is 10.0. The van der Waals surface area contributed by atoms with Gasteiger partial charge in [0, 0.05) is 16.1 Å². The second-order valence-corrected chi connectivity index (χ2v) is 9.79. The minimum atomic E-state index is -1.38. The molecule has 1 aliphatic heterocycles. The fraction of sp³-hybridized carbons (Fsp3) is 0.346. The van der Waals surface area contributed by atoms with Crippen molar-refractivity contribution in [3.63, 3.8) is 0 Å². The second-order valence-electron chi connectivity index (χ2n) is 9.36. The predicted molar refractivity (Wildman–Crippen MR) is 131 cm³/mol. The average molecular weight is 504 g/mol. The lowest BCUT2D eigenvalue weighted by molar-refractivity contribution is -0.158. The predicted octanol–water partition coefficient (Wildman–Crippen LogP) is 6.02. The van der Waals surface area contributed by atoms with E-state index in [1.165, 1.54) is 44.2 Å². The monoisotopic (exact) mass is 503 g/mol. The number of hydrogen-bond acceptors (Lipinski definition) is 6. The lowest BCUT2D eigenvalue weighted by Gasteiger charge is -2.25. The maximum absolute atomic E-state index is 14.2. The van der Waals surface area contributed by atoms with Gasteiger partial charge in [0.2, 0.25) is 0 Å². The summed E-state index contributed by atoms with van der Waals surface area (Å²) >= 11 is 6.13. The Balaban J connectivity index is 2.10. The first-order valence-corrected chi connectivity index (χ1v) is 11.4. The van der Waals surface area contributed by atoms with Crippen molar-refractivity contribution < 1.29 is 33.0 Å². The third kappa shape index (κ3) is 5.82. The molecular weight excluding hydrogens is 477 g/mol. The van der Waals surface area contributed by atoms with Gasteiger partial charge in [0.05, 0.1) is 17.9 Å². The smallest absolute Gasteiger partial charge is 0.422 e. The van der Waals surface area contributed by atoms with Gasteiger partial charge < -0.3 is 14.2 Å². The van der Waals surface area contributed by atoms with E-state index in [0.29, 0.717) is 10.6 Å². The van der Waals surface area contributed by atoms with E-state index in [4.69, 9.17) is 25.8 Å². The van der Waals surface area contributed by atoms with Crippen molar-refractivity contribution in [2.75, 3.05) is 11.5 Å². The fourth-order valence-electron chi connectivity index (χ4n) is 3.39. The Morgan fingerprint density at radius 2 is 1.77 bits per heavy atom. The van der Waals surface area contributed by atoms with Crippen LogP contribution in [0.4, 0.5) is 14.9 Å². The van der Waals surface area contributed by atoms with E-state index in [1.807, 2.05) is 0 Å². The van der Waals surface area contributed by atoms with E-state index < -0.39 is 35.0 Å². The maximum atomic E-state index is 14.2. The van der Waals surface area contributed by atoms with Crippen molar-refractivity contribution in [2.24, 2.45) is 0 Å². The van der Waals surface area contributed by atoms with E-state index in [2.05, 4.69) is 0 Å². The molecule has 0 N–H and O–H groups in total. The van der Waals surface area contributed by atoms with Gasteiger partial charge in [0.15, 0.2) is 5.60 Å². The standard InChI is InChI=1S/C26H27ClFNO6/c1-7-33-23(31)26(5,6)34-21-11-9-17(28)12-15(21)13-19-18-10-8-16(27)14-20(18)29(22(19)30)24(32)35-25(2,3)4/h8-14H,7H2,1-6H3/b19-13+. The molecule has 0 spiro atoms. The van der Waals surface area contributed by atoms with Crippen LogP contribution in [-0.4, -0.2) is 35.8 Å². The molecular formula is C26H27ClFNO6. The summed E-state index contributed by atoms with van der Waals surface area (Å²) in [6, 6.07) is 8.35. The van der Waals surface area contributed by atoms with Crippen LogP contribution in [0.3, 0.4) is 0 Å². The molecule has 0 aliphatic carbocycles. The van der Waals surface area contributed by atoms with Crippen molar-refractivity contribution >= 4 is 46.9 Å². The summed E-state index contributed by atoms with van der Waals surface area (Å²) in [5.74, 6) is -1.70. The number of hydrogen-bond donors (Lipinski definition) is 0. The quantitative estimate of drug-likeness (QED) is 0.366. The molecule has 7 nitrogen and oxygen atoms in total. The number of carbonyl (C=O) groups excluding carboxylic acids is 3. The summed E-state index contributed by atoms with van der Waals surface area (Å²) in [4.78, 5) is 39.5. The van der Waals surface area contributed by atoms with Crippen LogP contribution in [0.25, 0.3) is 11.6 Å². The highest BCUT2D eigenvalue weighted by Crippen LogP contribution is 2.41. The van der Waals surface area contributed by atoms with Gasteiger partial charge >= 0.3 is 12.1 Å². The Morgan fingerprint density at radius 3 is 2.40 bits per heavy atom. The van der Waals surface area contributed by atoms with Gasteiger partial charge in [-0.15, -0.1) is 0 Å². The summed E-state index contributed by atoms with van der Waals surface area (Å²) in [6.07, 6.45) is 0.535. The minimum absolute atomic E-state index is 0.104. The Kier molecular flexibility index (Phi) is 7.26. The van der Waals surface area contributed by atoms with Gasteiger partial charge in [-0.2, -0.15) is 0 Å². The molecule has 0 atom stereocenters. The molecule has 2 amide bonds. The van der Waals surface area contributed by atoms with Gasteiger partial charge in [0.1, 0.15) is 17.2 Å². The van der Waals surface area contributed by atoms with E-state index in [0.717, 1.165) is 4.90 Å². The number of fused-ring (bicyclic) bond motifs is 1. The summed E-state index contributed by atoms with van der Waals surface area (Å²) in [6.45, 7) is 9.93. The largest absolute Gasteiger partial charge is 0.476 e. The molecule has 0 saturated heterocycles. The van der Waals surface area contributed by atoms with E-state index in [9.17, 15) is 18.8 Å². The molecule has 2 aromatic carbocycles. The van der Waals surface area contributed by atoms with Crippen LogP contribution in [0.2, 0.25) is 5.02 Å². The van der Waals surface area contributed by atoms with Gasteiger partial charge in [-0.1, -0.05) is 17.7 Å². The molecule has 0 bridgehead atoms. The number of esters is 1. The average Bonchev–Trinajstić information content (AvgIpc) is 2.99. The van der Waals surface area contributed by atoms with Crippen LogP contribution in [0.1, 0.15) is 52.7 Å². The molecule has 186 valence electrons. The van der Waals surface area contributed by atoms with Crippen molar-refractivity contribution in [3.05, 3.63) is 58.4 Å². The van der Waals surface area contributed by atoms with Crippen LogP contribution in [0, 0.1) is 5.82 Å². The number of halogens is 2. The first kappa shape index (κ1) is 26.2. The summed E-state index contributed by atoms with van der Waals surface area (Å²) in [7, 11) is 0. The molecule has 9 heteroatoms. The molecule has 3 rings (SSSR count). The molecule has 0 radical (unpaired) electrons. The van der Waals surface area contributed by atoms with Crippen molar-refractivity contribution in [3.8, 4) is 5.75 Å². The van der Waals surface area contributed by atoms with E-state index in [-0.39, 0.29) is 29.2 Å². The molecule has 0 aromatic heterocycles. The SMILES string of the molecule is CCOC(=O)C(C)(C)Oc1ccc(F)cc1/C=C1/C(=O)N(C(=O)OC(C)(C)C)c2cc(Cl)ccc21. The Bertz CT molecular complexity index is 1210. The van der Waals surface area contributed by atoms with Crippen LogP contribution < -0.4 is 9.64 Å². The van der Waals surface area contributed by atoms with E-state index >= 15 is 0 Å². The van der Waals surface area contributed by atoms with E-state index in [1.54, 1.807) is 39.8 Å². The molecule has 1 heterocycles. The summed E-state index contributed by atoms with van der Waals surface area (Å²) in [5, 5.41) is 0.317. The highest BCUT2D eigenvalue weighted by Gasteiger charge is 2.40. The van der Waals surface area contributed by atoms with Crippen molar-refractivity contribution in [2.45, 2.75) is 52.7 Å². The first-order valence-electron chi connectivity index (χ1n) is 11.0. The molecule has 0 fully saturated rings. The first-order chi connectivity index (χ1) is 16.2. The Morgan fingerprint density at radius 1 is 1.09 bits per heavy atom. The topological polar surface area (TPSA) is 82.1 Å². The zero-order valence-electron chi connectivity index (χ0n) is 20.4. The van der Waals surface area contributed by atoms with Gasteiger partial charge in [-0.3, -0.25) is 4.79 Å². The third-order valence-electron chi connectivity index (χ3n) is 4.90. The van der Waals surface area contributed by atoms with Crippen LogP contribution >= 0.6 is 11.6 Å². The Labute approximate surface area is 208 Å². The number of ether oxygens (including phenoxy) is 3. The molecule has 0 unspecified atom stereocenters. The Hall–Kier alpha value is -3.39. The van der Waals surface area contributed by atoms with Gasteiger partial charge in [-0.05, 0) is 78.0 Å².